The van der Waals surface area contributed by atoms with Gasteiger partial charge in [-0.2, -0.15) is 10.2 Å². The highest BCUT2D eigenvalue weighted by molar-refractivity contribution is 5.90. The lowest BCUT2D eigenvalue weighted by atomic mass is 10.2. The van der Waals surface area contributed by atoms with Gasteiger partial charge < -0.3 is 14.6 Å². The number of carbonyl (C=O) groups is 1. The van der Waals surface area contributed by atoms with Crippen molar-refractivity contribution in [1.82, 2.24) is 15.1 Å². The van der Waals surface area contributed by atoms with E-state index in [2.05, 4.69) is 26.5 Å². The molecule has 3 rings (SSSR count). The zero-order valence-corrected chi connectivity index (χ0v) is 15.2. The second-order valence-corrected chi connectivity index (χ2v) is 5.91. The molecule has 0 fully saturated rings. The number of unbranched alkanes of at least 4 members (excludes halogenated alkanes) is 1. The third-order valence-electron chi connectivity index (χ3n) is 3.75. The van der Waals surface area contributed by atoms with Crippen LogP contribution in [0.5, 0.6) is 5.75 Å². The number of anilines is 1. The number of nitrogens with one attached hydrogen (secondary N) is 1. The SMILES string of the molecule is N#CCCCOc1cccc(NC(=O)CCc2nc(-c3ccccn3)no2)c1. The van der Waals surface area contributed by atoms with Gasteiger partial charge in [0.1, 0.15) is 11.4 Å². The van der Waals surface area contributed by atoms with E-state index in [-0.39, 0.29) is 12.3 Å². The molecule has 8 heteroatoms. The molecule has 1 aromatic carbocycles. The molecule has 28 heavy (non-hydrogen) atoms. The van der Waals surface area contributed by atoms with E-state index in [0.29, 0.717) is 54.7 Å². The summed E-state index contributed by atoms with van der Waals surface area (Å²) in [6.45, 7) is 0.459. The minimum absolute atomic E-state index is 0.167. The van der Waals surface area contributed by atoms with E-state index in [1.165, 1.54) is 0 Å². The Morgan fingerprint density at radius 1 is 1.25 bits per heavy atom. The normalized spacial score (nSPS) is 10.2. The molecule has 1 N–H and O–H groups in total. The highest BCUT2D eigenvalue weighted by Crippen LogP contribution is 2.18. The predicted octanol–water partition coefficient (Wildman–Crippen LogP) is 3.39. The summed E-state index contributed by atoms with van der Waals surface area (Å²) in [5.41, 5.74) is 1.26. The summed E-state index contributed by atoms with van der Waals surface area (Å²) in [6.07, 6.45) is 3.30. The first kappa shape index (κ1) is 19.0. The van der Waals surface area contributed by atoms with E-state index in [9.17, 15) is 4.79 Å². The Balaban J connectivity index is 1.48. The topological polar surface area (TPSA) is 114 Å². The number of ether oxygens (including phenoxy) is 1. The summed E-state index contributed by atoms with van der Waals surface area (Å²) in [4.78, 5) is 20.6. The standard InChI is InChI=1S/C20H19N5O3/c21-11-2-4-13-27-16-7-5-6-15(14-16)23-18(26)9-10-19-24-20(25-28-19)17-8-1-3-12-22-17/h1,3,5-8,12,14H,2,4,9-10,13H2,(H,23,26). The minimum atomic E-state index is -0.167. The van der Waals surface area contributed by atoms with Gasteiger partial charge in [0.25, 0.3) is 0 Å². The molecule has 0 atom stereocenters. The fourth-order valence-electron chi connectivity index (χ4n) is 2.40. The van der Waals surface area contributed by atoms with Crippen LogP contribution in [-0.2, 0) is 11.2 Å². The predicted molar refractivity (Wildman–Crippen MR) is 101 cm³/mol. The van der Waals surface area contributed by atoms with Crippen LogP contribution in [0.25, 0.3) is 11.5 Å². The van der Waals surface area contributed by atoms with Gasteiger partial charge in [-0.15, -0.1) is 0 Å². The molecule has 0 aliphatic heterocycles. The van der Waals surface area contributed by atoms with Crippen molar-refractivity contribution in [3.63, 3.8) is 0 Å². The second kappa shape index (κ2) is 9.83. The fraction of sp³-hybridized carbons (Fsp3) is 0.250. The first-order valence-electron chi connectivity index (χ1n) is 8.88. The van der Waals surface area contributed by atoms with Crippen molar-refractivity contribution in [2.75, 3.05) is 11.9 Å². The highest BCUT2D eigenvalue weighted by Gasteiger charge is 2.11. The zero-order valence-electron chi connectivity index (χ0n) is 15.2. The zero-order chi connectivity index (χ0) is 19.6. The molecule has 0 saturated carbocycles. The number of benzene rings is 1. The summed E-state index contributed by atoms with van der Waals surface area (Å²) in [5, 5.41) is 15.2. The Morgan fingerprint density at radius 3 is 3.00 bits per heavy atom. The van der Waals surface area contributed by atoms with Crippen molar-refractivity contribution < 1.29 is 14.1 Å². The lowest BCUT2D eigenvalue weighted by molar-refractivity contribution is -0.116. The van der Waals surface area contributed by atoms with Crippen molar-refractivity contribution in [3.8, 4) is 23.3 Å². The van der Waals surface area contributed by atoms with Crippen molar-refractivity contribution in [2.45, 2.75) is 25.7 Å². The first-order chi connectivity index (χ1) is 13.7. The number of carbonyl (C=O) groups excluding carboxylic acids is 1. The largest absolute Gasteiger partial charge is 0.493 e. The van der Waals surface area contributed by atoms with Crippen LogP contribution >= 0.6 is 0 Å². The molecule has 0 spiro atoms. The molecule has 2 aromatic heterocycles. The number of amides is 1. The maximum atomic E-state index is 12.2. The summed E-state index contributed by atoms with van der Waals surface area (Å²) >= 11 is 0. The van der Waals surface area contributed by atoms with Gasteiger partial charge in [0, 0.05) is 37.2 Å². The first-order valence-corrected chi connectivity index (χ1v) is 8.88. The van der Waals surface area contributed by atoms with Crippen LogP contribution in [0.1, 0.15) is 25.2 Å². The van der Waals surface area contributed by atoms with E-state index < -0.39 is 0 Å². The number of nitriles is 1. The van der Waals surface area contributed by atoms with Gasteiger partial charge in [-0.1, -0.05) is 17.3 Å². The van der Waals surface area contributed by atoms with Crippen molar-refractivity contribution >= 4 is 11.6 Å². The number of pyridine rings is 1. The minimum Gasteiger partial charge on any atom is -0.493 e. The van der Waals surface area contributed by atoms with E-state index in [0.717, 1.165) is 0 Å². The van der Waals surface area contributed by atoms with Crippen molar-refractivity contribution in [2.24, 2.45) is 0 Å². The Bertz CT molecular complexity index is 950. The molecule has 0 unspecified atom stereocenters. The van der Waals surface area contributed by atoms with Crippen LogP contribution < -0.4 is 10.1 Å². The molecule has 0 aliphatic rings. The van der Waals surface area contributed by atoms with Crippen LogP contribution in [0.4, 0.5) is 5.69 Å². The smallest absolute Gasteiger partial charge is 0.227 e. The van der Waals surface area contributed by atoms with Gasteiger partial charge in [0.15, 0.2) is 0 Å². The molecule has 142 valence electrons. The Morgan fingerprint density at radius 2 is 2.18 bits per heavy atom. The van der Waals surface area contributed by atoms with Gasteiger partial charge in [0.2, 0.25) is 17.6 Å². The van der Waals surface area contributed by atoms with Gasteiger partial charge in [-0.25, -0.2) is 0 Å². The molecular weight excluding hydrogens is 358 g/mol. The molecule has 0 bridgehead atoms. The number of rotatable bonds is 9. The summed E-state index contributed by atoms with van der Waals surface area (Å²) in [7, 11) is 0. The van der Waals surface area contributed by atoms with Gasteiger partial charge in [-0.05, 0) is 30.7 Å². The Kier molecular flexibility index (Phi) is 6.68. The Labute approximate surface area is 162 Å². The molecule has 0 saturated heterocycles. The molecule has 2 heterocycles. The highest BCUT2D eigenvalue weighted by atomic mass is 16.5. The monoisotopic (exact) mass is 377 g/mol. The van der Waals surface area contributed by atoms with Crippen LogP contribution in [0.15, 0.2) is 53.2 Å². The fourth-order valence-corrected chi connectivity index (χ4v) is 2.40. The lowest BCUT2D eigenvalue weighted by Crippen LogP contribution is -2.12. The van der Waals surface area contributed by atoms with E-state index in [1.807, 2.05) is 6.07 Å². The summed E-state index contributed by atoms with van der Waals surface area (Å²) in [5.74, 6) is 1.26. The van der Waals surface area contributed by atoms with E-state index in [4.69, 9.17) is 14.5 Å². The third-order valence-corrected chi connectivity index (χ3v) is 3.75. The lowest BCUT2D eigenvalue weighted by Gasteiger charge is -2.08. The molecule has 3 aromatic rings. The van der Waals surface area contributed by atoms with Crippen LogP contribution in [-0.4, -0.2) is 27.6 Å². The molecular formula is C20H19N5O3. The summed E-state index contributed by atoms with van der Waals surface area (Å²) < 4.78 is 10.7. The van der Waals surface area contributed by atoms with Crippen LogP contribution in [0, 0.1) is 11.3 Å². The molecule has 0 aliphatic carbocycles. The number of hydrogen-bond donors (Lipinski definition) is 1. The molecule has 1 amide bonds. The quantitative estimate of drug-likeness (QED) is 0.568. The average molecular weight is 377 g/mol. The van der Waals surface area contributed by atoms with Gasteiger partial charge in [-0.3, -0.25) is 9.78 Å². The summed E-state index contributed by atoms with van der Waals surface area (Å²) in [6, 6.07) is 14.6. The molecule has 8 nitrogen and oxygen atoms in total. The van der Waals surface area contributed by atoms with Crippen molar-refractivity contribution in [1.29, 1.82) is 5.26 Å². The van der Waals surface area contributed by atoms with Crippen LogP contribution in [0.2, 0.25) is 0 Å². The number of aromatic nitrogens is 3. The maximum Gasteiger partial charge on any atom is 0.227 e. The van der Waals surface area contributed by atoms with Gasteiger partial charge >= 0.3 is 0 Å². The average Bonchev–Trinajstić information content (AvgIpc) is 3.20. The van der Waals surface area contributed by atoms with E-state index in [1.54, 1.807) is 42.6 Å². The number of hydrogen-bond acceptors (Lipinski definition) is 7. The van der Waals surface area contributed by atoms with Gasteiger partial charge in [0.05, 0.1) is 12.7 Å². The second-order valence-electron chi connectivity index (χ2n) is 5.91. The number of nitrogens with zero attached hydrogens (tertiary/aromatic N) is 4. The maximum absolute atomic E-state index is 12.2. The molecule has 0 radical (unpaired) electrons. The van der Waals surface area contributed by atoms with Crippen LogP contribution in [0.3, 0.4) is 0 Å². The third kappa shape index (κ3) is 5.64. The van der Waals surface area contributed by atoms with Crippen molar-refractivity contribution in [3.05, 3.63) is 54.6 Å². The number of aryl methyl sites for hydroxylation is 1. The van der Waals surface area contributed by atoms with E-state index >= 15 is 0 Å². The Hall–Kier alpha value is -3.73.